The zero-order chi connectivity index (χ0) is 46.0. The first-order valence-electron chi connectivity index (χ1n) is 24.4. The summed E-state index contributed by atoms with van der Waals surface area (Å²) in [6, 6.07) is 59.3. The molecule has 0 saturated heterocycles. The zero-order valence-corrected chi connectivity index (χ0v) is 39.8. The molecule has 0 saturated carbocycles. The van der Waals surface area contributed by atoms with Crippen LogP contribution in [0.5, 0.6) is 0 Å². The summed E-state index contributed by atoms with van der Waals surface area (Å²) in [6.45, 7) is 19.3. The van der Waals surface area contributed by atoms with Gasteiger partial charge in [0.1, 0.15) is 22.3 Å². The maximum absolute atomic E-state index is 7.13. The minimum Gasteiger partial charge on any atom is -0.455 e. The van der Waals surface area contributed by atoms with Crippen LogP contribution in [-0.4, -0.2) is 0 Å². The molecule has 0 fully saturated rings. The van der Waals surface area contributed by atoms with Crippen LogP contribution in [0.15, 0.2) is 167 Å². The highest BCUT2D eigenvalue weighted by Crippen LogP contribution is 2.64. The zero-order valence-electron chi connectivity index (χ0n) is 39.8. The second kappa shape index (κ2) is 12.4. The summed E-state index contributed by atoms with van der Waals surface area (Å²) in [5, 5.41) is 4.69. The number of benzene rings is 9. The molecular weight excluding hydrogens is 825 g/mol. The fraction of sp³-hybridized carbons (Fsp3) is 0.182. The fourth-order valence-corrected chi connectivity index (χ4v) is 14.1. The Morgan fingerprint density at radius 3 is 1.10 bits per heavy atom. The normalized spacial score (nSPS) is 16.7. The van der Waals surface area contributed by atoms with E-state index in [-0.39, 0.29) is 21.7 Å². The molecule has 0 radical (unpaired) electrons. The van der Waals surface area contributed by atoms with Gasteiger partial charge in [-0.25, -0.2) is 0 Å². The van der Waals surface area contributed by atoms with Crippen LogP contribution < -0.4 is 0 Å². The van der Waals surface area contributed by atoms with E-state index in [1.165, 1.54) is 122 Å². The monoisotopic (exact) mass is 874 g/mol. The maximum atomic E-state index is 7.13. The number of furan rings is 2. The molecule has 0 unspecified atom stereocenters. The quantitative estimate of drug-likeness (QED) is 0.173. The van der Waals surface area contributed by atoms with Gasteiger partial charge in [-0.3, -0.25) is 0 Å². The first-order chi connectivity index (χ1) is 32.8. The summed E-state index contributed by atoms with van der Waals surface area (Å²) in [7, 11) is 0. The smallest absolute Gasteiger partial charge is 0.144 e. The van der Waals surface area contributed by atoms with Crippen LogP contribution in [0.25, 0.3) is 111 Å². The van der Waals surface area contributed by atoms with Crippen LogP contribution in [0.1, 0.15) is 99.9 Å². The molecule has 2 heterocycles. The summed E-state index contributed by atoms with van der Waals surface area (Å²) in [5.41, 5.74) is 29.1. The second-order valence-corrected chi connectivity index (χ2v) is 22.3. The number of para-hydroxylation sites is 2. The van der Waals surface area contributed by atoms with E-state index in [9.17, 15) is 0 Å². The third kappa shape index (κ3) is 4.51. The standard InChI is InChI=1S/C66H50O2/c1-63(2)47-21-13-9-17-37(47)39-27-25-35(31-49(39)63)45-33-51-57(61-55(45)41-19-11-15-23-53(41)67-61)43-29-30-44-58-52(66(7,8)60(44)59(43)65(51,5)6)34-46(56-42-20-12-16-24-54(42)68-62(56)58)36-26-28-40-38-18-10-14-22-48(38)64(3,4)50(40)32-36/h9-34H,1-8H3. The number of rotatable bonds is 2. The maximum Gasteiger partial charge on any atom is 0.144 e. The van der Waals surface area contributed by atoms with E-state index in [4.69, 9.17) is 8.83 Å². The predicted molar refractivity (Wildman–Crippen MR) is 282 cm³/mol. The van der Waals surface area contributed by atoms with Crippen molar-refractivity contribution in [3.63, 3.8) is 0 Å². The molecule has 2 aromatic heterocycles. The van der Waals surface area contributed by atoms with E-state index >= 15 is 0 Å². The highest BCUT2D eigenvalue weighted by molar-refractivity contribution is 6.21. The highest BCUT2D eigenvalue weighted by Gasteiger charge is 2.49. The molecule has 2 nitrogen and oxygen atoms in total. The molecule has 326 valence electrons. The lowest BCUT2D eigenvalue weighted by Gasteiger charge is -2.31. The van der Waals surface area contributed by atoms with Crippen molar-refractivity contribution in [1.29, 1.82) is 0 Å². The molecule has 68 heavy (non-hydrogen) atoms. The Balaban J connectivity index is 0.965. The Kier molecular flexibility index (Phi) is 7.03. The first-order valence-corrected chi connectivity index (χ1v) is 24.4. The number of hydrogen-bond donors (Lipinski definition) is 0. The molecule has 2 heteroatoms. The summed E-state index contributed by atoms with van der Waals surface area (Å²) in [5.74, 6) is 0. The van der Waals surface area contributed by atoms with Gasteiger partial charge >= 0.3 is 0 Å². The van der Waals surface area contributed by atoms with Gasteiger partial charge in [0.25, 0.3) is 0 Å². The summed E-state index contributed by atoms with van der Waals surface area (Å²) in [4.78, 5) is 0. The summed E-state index contributed by atoms with van der Waals surface area (Å²) < 4.78 is 14.3. The second-order valence-electron chi connectivity index (χ2n) is 22.3. The van der Waals surface area contributed by atoms with Crippen molar-refractivity contribution in [2.45, 2.75) is 77.0 Å². The van der Waals surface area contributed by atoms with Gasteiger partial charge < -0.3 is 8.83 Å². The third-order valence-corrected chi connectivity index (χ3v) is 17.4. The van der Waals surface area contributed by atoms with Crippen LogP contribution in [0, 0.1) is 0 Å². The van der Waals surface area contributed by atoms with Crippen molar-refractivity contribution in [2.24, 2.45) is 0 Å². The third-order valence-electron chi connectivity index (χ3n) is 17.4. The average molecular weight is 875 g/mol. The van der Waals surface area contributed by atoms with E-state index in [0.717, 1.165) is 33.1 Å². The Morgan fingerprint density at radius 1 is 0.294 bits per heavy atom. The lowest BCUT2D eigenvalue weighted by molar-refractivity contribution is 0.600. The van der Waals surface area contributed by atoms with Crippen molar-refractivity contribution < 1.29 is 8.83 Å². The van der Waals surface area contributed by atoms with Gasteiger partial charge in [0.2, 0.25) is 0 Å². The van der Waals surface area contributed by atoms with Crippen LogP contribution in [0.3, 0.4) is 0 Å². The molecule has 0 spiro atoms. The van der Waals surface area contributed by atoms with Gasteiger partial charge in [-0.1, -0.05) is 177 Å². The van der Waals surface area contributed by atoms with Crippen LogP contribution in [0.2, 0.25) is 0 Å². The van der Waals surface area contributed by atoms with E-state index in [1.54, 1.807) is 0 Å². The van der Waals surface area contributed by atoms with Crippen molar-refractivity contribution >= 4 is 43.9 Å². The number of hydrogen-bond acceptors (Lipinski definition) is 2. The first kappa shape index (κ1) is 38.7. The Bertz CT molecular complexity index is 3870. The van der Waals surface area contributed by atoms with E-state index < -0.39 is 0 Å². The minimum absolute atomic E-state index is 0.110. The lowest BCUT2D eigenvalue weighted by atomic mass is 9.72. The molecule has 11 aromatic rings. The van der Waals surface area contributed by atoms with Gasteiger partial charge in [0, 0.05) is 54.3 Å². The van der Waals surface area contributed by atoms with E-state index in [2.05, 4.69) is 213 Å². The minimum atomic E-state index is -0.347. The molecule has 9 aromatic carbocycles. The van der Waals surface area contributed by atoms with E-state index in [1.807, 2.05) is 0 Å². The average Bonchev–Trinajstić information content (AvgIpc) is 4.14. The number of fused-ring (bicyclic) bond motifs is 21. The summed E-state index contributed by atoms with van der Waals surface area (Å²) in [6.07, 6.45) is 0. The molecule has 4 aliphatic rings. The highest BCUT2D eigenvalue weighted by atomic mass is 16.3. The van der Waals surface area contributed by atoms with Gasteiger partial charge in [0.05, 0.1) is 0 Å². The molecule has 4 aliphatic carbocycles. The molecule has 0 bridgehead atoms. The van der Waals surface area contributed by atoms with Gasteiger partial charge in [-0.15, -0.1) is 0 Å². The van der Waals surface area contributed by atoms with Crippen molar-refractivity contribution in [1.82, 2.24) is 0 Å². The van der Waals surface area contributed by atoms with Gasteiger partial charge in [-0.05, 0) is 137 Å². The lowest BCUT2D eigenvalue weighted by Crippen LogP contribution is -2.24. The van der Waals surface area contributed by atoms with Gasteiger partial charge in [-0.2, -0.15) is 0 Å². The van der Waals surface area contributed by atoms with Crippen LogP contribution in [0.4, 0.5) is 0 Å². The molecule has 0 atom stereocenters. The molecule has 15 rings (SSSR count). The van der Waals surface area contributed by atoms with Gasteiger partial charge in [0.15, 0.2) is 0 Å². The van der Waals surface area contributed by atoms with E-state index in [0.29, 0.717) is 0 Å². The van der Waals surface area contributed by atoms with Crippen LogP contribution in [-0.2, 0) is 21.7 Å². The Labute approximate surface area is 396 Å². The Hall–Kier alpha value is -7.42. The fourth-order valence-electron chi connectivity index (χ4n) is 14.1. The predicted octanol–water partition coefficient (Wildman–Crippen LogP) is 18.0. The molecule has 0 aliphatic heterocycles. The largest absolute Gasteiger partial charge is 0.455 e. The topological polar surface area (TPSA) is 26.3 Å². The van der Waals surface area contributed by atoms with Crippen molar-refractivity contribution in [3.05, 3.63) is 202 Å². The molecule has 0 amide bonds. The van der Waals surface area contributed by atoms with Crippen molar-refractivity contribution in [3.8, 4) is 66.8 Å². The summed E-state index contributed by atoms with van der Waals surface area (Å²) >= 11 is 0. The van der Waals surface area contributed by atoms with Crippen molar-refractivity contribution in [2.75, 3.05) is 0 Å². The Morgan fingerprint density at radius 2 is 0.662 bits per heavy atom. The SMILES string of the molecule is CC1(C)c2ccccc2-c2ccc(-c3cc4c(c5oc6ccccc6c35)-c3ccc5c(c3C4(C)C)C(C)(C)c3cc(-c4ccc6c(c4)C(C)(C)c4ccccc4-6)c4c(oc6ccccc64)c3-5)cc21. The van der Waals surface area contributed by atoms with Crippen LogP contribution >= 0.6 is 0 Å². The molecule has 0 N–H and O–H groups in total. The molecular formula is C66H50O2.